The van der Waals surface area contributed by atoms with Crippen molar-refractivity contribution in [2.24, 2.45) is 4.99 Å². The summed E-state index contributed by atoms with van der Waals surface area (Å²) in [6, 6.07) is 4.20. The number of thiocarbonyl (C=S) groups is 1. The van der Waals surface area contributed by atoms with Gasteiger partial charge in [0, 0.05) is 26.5 Å². The topological polar surface area (TPSA) is 33.4 Å². The van der Waals surface area contributed by atoms with Crippen LogP contribution in [-0.2, 0) is 6.18 Å². The smallest absolute Gasteiger partial charge is 0.369 e. The maximum atomic E-state index is 12.7. The molecular formula is C14H12ClF3N4S. The van der Waals surface area contributed by atoms with E-state index in [1.807, 2.05) is 0 Å². The first-order valence-corrected chi connectivity index (χ1v) is 7.14. The van der Waals surface area contributed by atoms with Crippen molar-refractivity contribution in [1.82, 2.24) is 14.5 Å². The minimum atomic E-state index is -4.50. The van der Waals surface area contributed by atoms with Gasteiger partial charge in [0.15, 0.2) is 10.8 Å². The van der Waals surface area contributed by atoms with Crippen LogP contribution in [0.25, 0.3) is 5.82 Å². The first-order chi connectivity index (χ1) is 10.7. The van der Waals surface area contributed by atoms with Crippen LogP contribution in [0.5, 0.6) is 0 Å². The number of rotatable bonds is 3. The minimum Gasteiger partial charge on any atom is -0.369 e. The van der Waals surface area contributed by atoms with Crippen molar-refractivity contribution in [2.45, 2.75) is 6.18 Å². The van der Waals surface area contributed by atoms with Gasteiger partial charge in [-0.15, -0.1) is 0 Å². The third-order valence-corrected chi connectivity index (χ3v) is 3.34. The second kappa shape index (κ2) is 6.67. The number of aliphatic imine (C=N–C) groups is 1. The molecule has 122 valence electrons. The fraction of sp³-hybridized carbons (Fsp3) is 0.214. The van der Waals surface area contributed by atoms with Crippen molar-refractivity contribution < 1.29 is 13.2 Å². The van der Waals surface area contributed by atoms with Crippen molar-refractivity contribution >= 4 is 35.1 Å². The van der Waals surface area contributed by atoms with Crippen molar-refractivity contribution in [3.63, 3.8) is 0 Å². The van der Waals surface area contributed by atoms with Gasteiger partial charge in [0.05, 0.1) is 22.6 Å². The third kappa shape index (κ3) is 4.08. The molecule has 23 heavy (non-hydrogen) atoms. The molecule has 0 N–H and O–H groups in total. The molecule has 2 aromatic rings. The molecule has 2 rings (SSSR count). The highest BCUT2D eigenvalue weighted by atomic mass is 35.5. The summed E-state index contributed by atoms with van der Waals surface area (Å²) in [6.45, 7) is 0. The number of halogens is 4. The molecule has 0 bridgehead atoms. The molecule has 2 aromatic heterocycles. The average molecular weight is 361 g/mol. The lowest BCUT2D eigenvalue weighted by atomic mass is 10.2. The summed E-state index contributed by atoms with van der Waals surface area (Å²) in [4.78, 5) is 9.89. The normalized spacial score (nSPS) is 11.9. The van der Waals surface area contributed by atoms with Crippen molar-refractivity contribution in [3.05, 3.63) is 46.9 Å². The van der Waals surface area contributed by atoms with E-state index >= 15 is 0 Å². The number of nitrogens with zero attached hydrogens (tertiary/aromatic N) is 4. The van der Waals surface area contributed by atoms with Crippen LogP contribution in [0.4, 0.5) is 13.2 Å². The van der Waals surface area contributed by atoms with Crippen molar-refractivity contribution in [2.75, 3.05) is 14.1 Å². The Kier molecular flexibility index (Phi) is 5.06. The van der Waals surface area contributed by atoms with E-state index in [0.717, 1.165) is 12.3 Å². The lowest BCUT2D eigenvalue weighted by Crippen LogP contribution is -2.12. The van der Waals surface area contributed by atoms with Gasteiger partial charge in [0.25, 0.3) is 0 Å². The van der Waals surface area contributed by atoms with Gasteiger partial charge in [-0.3, -0.25) is 4.57 Å². The molecule has 0 spiro atoms. The molecule has 0 fully saturated rings. The van der Waals surface area contributed by atoms with E-state index in [1.54, 1.807) is 37.3 Å². The Bertz CT molecular complexity index is 753. The van der Waals surface area contributed by atoms with Gasteiger partial charge < -0.3 is 4.90 Å². The molecule has 0 aliphatic carbocycles. The zero-order valence-corrected chi connectivity index (χ0v) is 13.7. The Labute approximate surface area is 141 Å². The molecule has 9 heteroatoms. The lowest BCUT2D eigenvalue weighted by Gasteiger charge is -2.12. The van der Waals surface area contributed by atoms with Crippen LogP contribution in [-0.4, -0.2) is 39.9 Å². The lowest BCUT2D eigenvalue weighted by molar-refractivity contribution is -0.137. The Hall–Kier alpha value is -1.93. The molecule has 0 aliphatic heterocycles. The second-order valence-corrected chi connectivity index (χ2v) is 5.60. The summed E-state index contributed by atoms with van der Waals surface area (Å²) in [7, 11) is 3.58. The molecule has 0 atom stereocenters. The molecule has 0 unspecified atom stereocenters. The van der Waals surface area contributed by atoms with E-state index in [0.29, 0.717) is 5.69 Å². The van der Waals surface area contributed by atoms with Gasteiger partial charge in [0.1, 0.15) is 0 Å². The van der Waals surface area contributed by atoms with E-state index in [1.165, 1.54) is 10.9 Å². The van der Waals surface area contributed by atoms with Crippen LogP contribution in [0.1, 0.15) is 11.3 Å². The molecule has 0 amide bonds. The minimum absolute atomic E-state index is 0.128. The summed E-state index contributed by atoms with van der Waals surface area (Å²) < 4.78 is 39.5. The molecule has 0 saturated heterocycles. The number of hydrogen-bond acceptors (Lipinski definition) is 2. The Balaban J connectivity index is 2.41. The number of alkyl halides is 3. The van der Waals surface area contributed by atoms with E-state index in [2.05, 4.69) is 9.98 Å². The number of aromatic nitrogens is 2. The van der Waals surface area contributed by atoms with Crippen molar-refractivity contribution in [1.29, 1.82) is 0 Å². The van der Waals surface area contributed by atoms with Gasteiger partial charge in [-0.25, -0.2) is 9.98 Å². The van der Waals surface area contributed by atoms with Crippen LogP contribution in [0.2, 0.25) is 5.02 Å². The Morgan fingerprint density at radius 1 is 1.43 bits per heavy atom. The van der Waals surface area contributed by atoms with Crippen LogP contribution >= 0.6 is 23.8 Å². The molecule has 0 aromatic carbocycles. The predicted octanol–water partition coefficient (Wildman–Crippen LogP) is 3.81. The summed E-state index contributed by atoms with van der Waals surface area (Å²) in [5, 5.41) is -0.128. The molecule has 4 nitrogen and oxygen atoms in total. The van der Waals surface area contributed by atoms with Gasteiger partial charge >= 0.3 is 6.18 Å². The fourth-order valence-corrected chi connectivity index (χ4v) is 2.21. The fourth-order valence-electron chi connectivity index (χ4n) is 1.74. The summed E-state index contributed by atoms with van der Waals surface area (Å²) in [6.07, 6.45) is -0.632. The van der Waals surface area contributed by atoms with E-state index in [4.69, 9.17) is 23.8 Å². The second-order valence-electron chi connectivity index (χ2n) is 4.80. The van der Waals surface area contributed by atoms with Gasteiger partial charge in [-0.1, -0.05) is 23.8 Å². The van der Waals surface area contributed by atoms with E-state index in [9.17, 15) is 13.2 Å². The standard InChI is InChI=1S/C14H12ClF3N4S/c1-21(2)8-20-13(23)11-4-3-5-22(11)12-10(15)6-9(7-19-12)14(16,17)18/h3-8H,1-2H3. The van der Waals surface area contributed by atoms with Gasteiger partial charge in [0.2, 0.25) is 0 Å². The number of pyridine rings is 1. The first-order valence-electron chi connectivity index (χ1n) is 6.35. The maximum absolute atomic E-state index is 12.7. The van der Waals surface area contributed by atoms with Crippen LogP contribution in [0, 0.1) is 0 Å². The zero-order valence-electron chi connectivity index (χ0n) is 12.2. The van der Waals surface area contributed by atoms with Crippen LogP contribution < -0.4 is 0 Å². The molecule has 0 radical (unpaired) electrons. The van der Waals surface area contributed by atoms with E-state index < -0.39 is 11.7 Å². The molecular weight excluding hydrogens is 349 g/mol. The quantitative estimate of drug-likeness (QED) is 0.474. The van der Waals surface area contributed by atoms with Gasteiger partial charge in [-0.2, -0.15) is 13.2 Å². The summed E-state index contributed by atoms with van der Waals surface area (Å²) in [5.41, 5.74) is -0.402. The monoisotopic (exact) mass is 360 g/mol. The third-order valence-electron chi connectivity index (χ3n) is 2.75. The predicted molar refractivity (Wildman–Crippen MR) is 87.5 cm³/mol. The largest absolute Gasteiger partial charge is 0.417 e. The average Bonchev–Trinajstić information content (AvgIpc) is 2.92. The maximum Gasteiger partial charge on any atom is 0.417 e. The van der Waals surface area contributed by atoms with Crippen LogP contribution in [0.15, 0.2) is 35.6 Å². The van der Waals surface area contributed by atoms with Gasteiger partial charge in [-0.05, 0) is 18.2 Å². The number of hydrogen-bond donors (Lipinski definition) is 0. The highest BCUT2D eigenvalue weighted by Gasteiger charge is 2.31. The SMILES string of the molecule is CN(C)C=NC(=S)c1cccn1-c1ncc(C(F)(F)F)cc1Cl. The molecule has 2 heterocycles. The highest BCUT2D eigenvalue weighted by Crippen LogP contribution is 2.32. The Morgan fingerprint density at radius 3 is 2.70 bits per heavy atom. The summed E-state index contributed by atoms with van der Waals surface area (Å²) >= 11 is 11.2. The Morgan fingerprint density at radius 2 is 2.13 bits per heavy atom. The highest BCUT2D eigenvalue weighted by molar-refractivity contribution is 7.80. The van der Waals surface area contributed by atoms with E-state index in [-0.39, 0.29) is 15.8 Å². The zero-order chi connectivity index (χ0) is 17.2. The van der Waals surface area contributed by atoms with Crippen LogP contribution in [0.3, 0.4) is 0 Å². The molecule has 0 saturated carbocycles. The van der Waals surface area contributed by atoms with Crippen molar-refractivity contribution in [3.8, 4) is 5.82 Å². The first kappa shape index (κ1) is 17.4. The summed E-state index contributed by atoms with van der Waals surface area (Å²) in [5.74, 6) is 0.155. The molecule has 0 aliphatic rings.